The molecule has 3 aromatic rings. The summed E-state index contributed by atoms with van der Waals surface area (Å²) in [6.45, 7) is -0.0367. The molecule has 0 saturated carbocycles. The maximum Gasteiger partial charge on any atom is 0.314 e. The molecule has 3 heterocycles. The van der Waals surface area contributed by atoms with Gasteiger partial charge in [0.15, 0.2) is 0 Å². The highest BCUT2D eigenvalue weighted by Crippen LogP contribution is 2.29. The van der Waals surface area contributed by atoms with E-state index in [1.807, 2.05) is 0 Å². The third kappa shape index (κ3) is 3.82. The van der Waals surface area contributed by atoms with Crippen molar-refractivity contribution in [2.75, 3.05) is 10.6 Å². The van der Waals surface area contributed by atoms with Crippen LogP contribution in [0.5, 0.6) is 0 Å². The molecule has 0 saturated heterocycles. The highest BCUT2D eigenvalue weighted by atomic mass is 32.2. The highest BCUT2D eigenvalue weighted by molar-refractivity contribution is 7.92. The lowest BCUT2D eigenvalue weighted by atomic mass is 10.5. The van der Waals surface area contributed by atoms with Crippen molar-refractivity contribution in [3.8, 4) is 10.8 Å². The lowest BCUT2D eigenvalue weighted by Gasteiger charge is -2.18. The summed E-state index contributed by atoms with van der Waals surface area (Å²) in [4.78, 5) is 4.47. The van der Waals surface area contributed by atoms with Crippen LogP contribution in [0.4, 0.5) is 14.5 Å². The molecule has 0 aliphatic carbocycles. The second-order valence-electron chi connectivity index (χ2n) is 5.01. The van der Waals surface area contributed by atoms with Crippen molar-refractivity contribution in [2.24, 2.45) is 7.05 Å². The summed E-state index contributed by atoms with van der Waals surface area (Å²) in [6.07, 6.45) is 2.55. The minimum absolute atomic E-state index is 0.0367. The minimum Gasteiger partial charge on any atom is -0.414 e. The molecule has 0 atom stereocenters. The van der Waals surface area contributed by atoms with Crippen LogP contribution in [-0.2, 0) is 23.6 Å². The normalized spacial score (nSPS) is 12.0. The van der Waals surface area contributed by atoms with Gasteiger partial charge in [-0.2, -0.15) is 13.9 Å². The number of thiazole rings is 1. The molecule has 0 spiro atoms. The Morgan fingerprint density at radius 2 is 2.12 bits per heavy atom. The van der Waals surface area contributed by atoms with Gasteiger partial charge in [0.2, 0.25) is 10.0 Å². The third-order valence-corrected chi connectivity index (χ3v) is 5.16. The maximum absolute atomic E-state index is 12.5. The van der Waals surface area contributed by atoms with E-state index in [0.29, 0.717) is 15.6 Å². The largest absolute Gasteiger partial charge is 0.414 e. The number of aromatic nitrogens is 5. The van der Waals surface area contributed by atoms with Gasteiger partial charge >= 0.3 is 6.43 Å². The van der Waals surface area contributed by atoms with Crippen LogP contribution in [0.1, 0.15) is 17.3 Å². The molecule has 0 radical (unpaired) electrons. The summed E-state index contributed by atoms with van der Waals surface area (Å²) in [6, 6.07) is 0. The molecule has 0 aromatic carbocycles. The fourth-order valence-electron chi connectivity index (χ4n) is 1.96. The maximum atomic E-state index is 12.5. The zero-order valence-corrected chi connectivity index (χ0v) is 14.6. The summed E-state index contributed by atoms with van der Waals surface area (Å²) in [5, 5.41) is 11.2. The number of halogens is 2. The van der Waals surface area contributed by atoms with E-state index >= 15 is 0 Å². The standard InChI is InChI=1S/C12H12F2N6O3S2/c1-19-5-7(3-16-19)20(25(2,21)22)6-9-15-4-8(24-9)11-17-18-12(23-11)10(13)14/h3-5,10H,6H2,1-2H3. The van der Waals surface area contributed by atoms with Crippen LogP contribution < -0.4 is 4.31 Å². The first-order valence-electron chi connectivity index (χ1n) is 6.77. The van der Waals surface area contributed by atoms with Crippen LogP contribution in [0.25, 0.3) is 10.8 Å². The molecule has 9 nitrogen and oxygen atoms in total. The first kappa shape index (κ1) is 17.4. The predicted molar refractivity (Wildman–Crippen MR) is 84.6 cm³/mol. The summed E-state index contributed by atoms with van der Waals surface area (Å²) >= 11 is 1.07. The van der Waals surface area contributed by atoms with E-state index in [2.05, 4.69) is 20.3 Å². The summed E-state index contributed by atoms with van der Waals surface area (Å²) in [7, 11) is -1.90. The van der Waals surface area contributed by atoms with E-state index in [0.717, 1.165) is 21.9 Å². The zero-order valence-electron chi connectivity index (χ0n) is 13.0. The van der Waals surface area contributed by atoms with Crippen molar-refractivity contribution in [3.05, 3.63) is 29.5 Å². The predicted octanol–water partition coefficient (Wildman–Crippen LogP) is 1.83. The number of hydrogen-bond acceptors (Lipinski definition) is 8. The molecule has 0 unspecified atom stereocenters. The monoisotopic (exact) mass is 390 g/mol. The number of hydrogen-bond donors (Lipinski definition) is 0. The molecule has 13 heteroatoms. The fourth-order valence-corrected chi connectivity index (χ4v) is 3.71. The molecule has 134 valence electrons. The van der Waals surface area contributed by atoms with Crippen molar-refractivity contribution >= 4 is 27.0 Å². The molecule has 0 N–H and O–H groups in total. The van der Waals surface area contributed by atoms with Crippen LogP contribution in [0, 0.1) is 0 Å². The Morgan fingerprint density at radius 1 is 1.36 bits per heavy atom. The number of rotatable bonds is 6. The van der Waals surface area contributed by atoms with Crippen LogP contribution in [-0.4, -0.2) is 39.6 Å². The molecule has 3 aromatic heterocycles. The average molecular weight is 390 g/mol. The van der Waals surface area contributed by atoms with Gasteiger partial charge in [-0.1, -0.05) is 0 Å². The molecule has 0 aliphatic heterocycles. The molecule has 0 amide bonds. The highest BCUT2D eigenvalue weighted by Gasteiger charge is 2.22. The topological polar surface area (TPSA) is 107 Å². The Bertz CT molecular complexity index is 981. The molecule has 0 bridgehead atoms. The minimum atomic E-state index is -3.57. The summed E-state index contributed by atoms with van der Waals surface area (Å²) in [5.41, 5.74) is 0.388. The van der Waals surface area contributed by atoms with Crippen molar-refractivity contribution in [3.63, 3.8) is 0 Å². The van der Waals surface area contributed by atoms with E-state index in [9.17, 15) is 17.2 Å². The Morgan fingerprint density at radius 3 is 2.68 bits per heavy atom. The van der Waals surface area contributed by atoms with Gasteiger partial charge in [-0.05, 0) is 0 Å². The van der Waals surface area contributed by atoms with Crippen molar-refractivity contribution in [1.82, 2.24) is 25.0 Å². The zero-order chi connectivity index (χ0) is 18.2. The lowest BCUT2D eigenvalue weighted by Crippen LogP contribution is -2.28. The smallest absolute Gasteiger partial charge is 0.314 e. The fraction of sp³-hybridized carbons (Fsp3) is 0.333. The number of nitrogens with zero attached hydrogens (tertiary/aromatic N) is 6. The number of aryl methyl sites for hydroxylation is 1. The first-order chi connectivity index (χ1) is 11.7. The lowest BCUT2D eigenvalue weighted by molar-refractivity contribution is 0.116. The first-order valence-corrected chi connectivity index (χ1v) is 9.43. The van der Waals surface area contributed by atoms with Crippen molar-refractivity contribution < 1.29 is 21.6 Å². The van der Waals surface area contributed by atoms with Crippen LogP contribution in [0.3, 0.4) is 0 Å². The molecule has 0 aliphatic rings. The summed E-state index contributed by atoms with van der Waals surface area (Å²) in [5.74, 6) is -0.871. The van der Waals surface area contributed by atoms with Crippen molar-refractivity contribution in [2.45, 2.75) is 13.0 Å². The van der Waals surface area contributed by atoms with Gasteiger partial charge < -0.3 is 4.42 Å². The van der Waals surface area contributed by atoms with Gasteiger partial charge in [0, 0.05) is 13.2 Å². The molecule has 0 fully saturated rings. The van der Waals surface area contributed by atoms with E-state index < -0.39 is 22.3 Å². The van der Waals surface area contributed by atoms with Gasteiger partial charge in [0.1, 0.15) is 9.88 Å². The Kier molecular flexibility index (Phi) is 4.51. The number of sulfonamides is 1. The van der Waals surface area contributed by atoms with Gasteiger partial charge in [0.25, 0.3) is 11.8 Å². The molecule has 25 heavy (non-hydrogen) atoms. The van der Waals surface area contributed by atoms with E-state index in [1.54, 1.807) is 13.2 Å². The quantitative estimate of drug-likeness (QED) is 0.632. The van der Waals surface area contributed by atoms with Gasteiger partial charge in [0.05, 0.1) is 30.9 Å². The molecule has 3 rings (SSSR count). The Labute approximate surface area is 145 Å². The van der Waals surface area contributed by atoms with Crippen LogP contribution >= 0.6 is 11.3 Å². The van der Waals surface area contributed by atoms with Crippen molar-refractivity contribution in [1.29, 1.82) is 0 Å². The third-order valence-electron chi connectivity index (χ3n) is 3.05. The Balaban J connectivity index is 1.85. The Hall–Kier alpha value is -2.41. The van der Waals surface area contributed by atoms with E-state index in [4.69, 9.17) is 4.42 Å². The van der Waals surface area contributed by atoms with Crippen LogP contribution in [0.15, 0.2) is 23.0 Å². The van der Waals surface area contributed by atoms with Gasteiger partial charge in [-0.3, -0.25) is 8.99 Å². The second kappa shape index (κ2) is 6.48. The van der Waals surface area contributed by atoms with Gasteiger partial charge in [-0.15, -0.1) is 21.5 Å². The average Bonchev–Trinajstić information content (AvgIpc) is 3.23. The van der Waals surface area contributed by atoms with Crippen LogP contribution in [0.2, 0.25) is 0 Å². The number of alkyl halides is 2. The molecular formula is C12H12F2N6O3S2. The molecular weight excluding hydrogens is 378 g/mol. The SMILES string of the molecule is Cn1cc(N(Cc2ncc(-c3nnc(C(F)F)o3)s2)S(C)(=O)=O)cn1. The van der Waals surface area contributed by atoms with Gasteiger partial charge in [-0.25, -0.2) is 13.4 Å². The summed E-state index contributed by atoms with van der Waals surface area (Å²) < 4.78 is 56.6. The van der Waals surface area contributed by atoms with E-state index in [-0.39, 0.29) is 12.4 Å². The number of anilines is 1. The van der Waals surface area contributed by atoms with E-state index in [1.165, 1.54) is 17.1 Å². The second-order valence-corrected chi connectivity index (χ2v) is 8.03.